The molecule has 2 heterocycles. The number of thiophene rings is 1. The summed E-state index contributed by atoms with van der Waals surface area (Å²) in [7, 11) is 0. The van der Waals surface area contributed by atoms with E-state index in [1.807, 2.05) is 0 Å². The second-order valence-corrected chi connectivity index (χ2v) is 5.55. The molecule has 0 saturated carbocycles. The molecular formula is C12H9ClF2N2OS. The van der Waals surface area contributed by atoms with Crippen molar-refractivity contribution in [1.82, 2.24) is 10.3 Å². The second kappa shape index (κ2) is 5.63. The van der Waals surface area contributed by atoms with Crippen LogP contribution in [0.5, 0.6) is 0 Å². The van der Waals surface area contributed by atoms with Crippen LogP contribution < -0.4 is 5.32 Å². The van der Waals surface area contributed by atoms with E-state index in [2.05, 4.69) is 10.3 Å². The fourth-order valence-corrected chi connectivity index (χ4v) is 2.56. The van der Waals surface area contributed by atoms with Crippen molar-refractivity contribution in [3.63, 3.8) is 0 Å². The van der Waals surface area contributed by atoms with Crippen LogP contribution in [0.25, 0.3) is 0 Å². The van der Waals surface area contributed by atoms with E-state index in [0.717, 1.165) is 17.1 Å². The first kappa shape index (κ1) is 13.9. The summed E-state index contributed by atoms with van der Waals surface area (Å²) in [4.78, 5) is 15.8. The van der Waals surface area contributed by atoms with Crippen LogP contribution in [-0.2, 0) is 0 Å². The molecule has 0 radical (unpaired) electrons. The monoisotopic (exact) mass is 302 g/mol. The lowest BCUT2D eigenvalue weighted by molar-refractivity contribution is 0.0935. The molecule has 0 aliphatic heterocycles. The second-order valence-electron chi connectivity index (χ2n) is 3.80. The molecule has 0 fully saturated rings. The van der Waals surface area contributed by atoms with Gasteiger partial charge in [0, 0.05) is 11.1 Å². The highest BCUT2D eigenvalue weighted by Crippen LogP contribution is 2.26. The number of pyridine rings is 1. The number of rotatable bonds is 3. The summed E-state index contributed by atoms with van der Waals surface area (Å²) >= 11 is 7.10. The number of carbonyl (C=O) groups is 1. The van der Waals surface area contributed by atoms with Gasteiger partial charge in [0.2, 0.25) is 5.95 Å². The van der Waals surface area contributed by atoms with E-state index in [4.69, 9.17) is 11.6 Å². The van der Waals surface area contributed by atoms with Gasteiger partial charge >= 0.3 is 0 Å². The molecule has 3 nitrogen and oxygen atoms in total. The zero-order chi connectivity index (χ0) is 14.0. The van der Waals surface area contributed by atoms with Crippen molar-refractivity contribution in [1.29, 1.82) is 0 Å². The molecule has 0 saturated heterocycles. The Morgan fingerprint density at radius 3 is 2.79 bits per heavy atom. The van der Waals surface area contributed by atoms with Crippen molar-refractivity contribution in [3.05, 3.63) is 50.9 Å². The van der Waals surface area contributed by atoms with Crippen molar-refractivity contribution in [2.24, 2.45) is 0 Å². The first-order chi connectivity index (χ1) is 8.99. The molecule has 19 heavy (non-hydrogen) atoms. The third-order valence-electron chi connectivity index (χ3n) is 2.46. The van der Waals surface area contributed by atoms with Crippen LogP contribution in [0.4, 0.5) is 8.78 Å². The topological polar surface area (TPSA) is 42.0 Å². The number of nitrogens with zero attached hydrogens (tertiary/aromatic N) is 1. The minimum atomic E-state index is -1.29. The number of halogens is 3. The Morgan fingerprint density at radius 1 is 1.42 bits per heavy atom. The molecule has 0 aliphatic carbocycles. The fraction of sp³-hybridized carbons (Fsp3) is 0.167. The van der Waals surface area contributed by atoms with Crippen molar-refractivity contribution in [2.45, 2.75) is 13.0 Å². The normalized spacial score (nSPS) is 12.2. The van der Waals surface area contributed by atoms with Crippen LogP contribution in [0, 0.1) is 11.8 Å². The number of nitrogens with one attached hydrogen (secondary N) is 1. The molecule has 7 heteroatoms. The number of aromatic nitrogens is 1. The molecule has 0 spiro atoms. The first-order valence-corrected chi connectivity index (χ1v) is 6.54. The van der Waals surface area contributed by atoms with Gasteiger partial charge < -0.3 is 5.32 Å². The smallest absolute Gasteiger partial charge is 0.254 e. The Hall–Kier alpha value is -1.53. The lowest BCUT2D eigenvalue weighted by Gasteiger charge is -2.12. The largest absolute Gasteiger partial charge is 0.345 e. The predicted molar refractivity (Wildman–Crippen MR) is 69.4 cm³/mol. The minimum Gasteiger partial charge on any atom is -0.345 e. The molecule has 2 aromatic heterocycles. The van der Waals surface area contributed by atoms with Crippen LogP contribution in [-0.4, -0.2) is 10.9 Å². The van der Waals surface area contributed by atoms with Crippen molar-refractivity contribution in [2.75, 3.05) is 0 Å². The zero-order valence-corrected chi connectivity index (χ0v) is 11.4. The molecule has 0 aromatic carbocycles. The lowest BCUT2D eigenvalue weighted by Crippen LogP contribution is -2.27. The highest BCUT2D eigenvalue weighted by Gasteiger charge is 2.18. The summed E-state index contributed by atoms with van der Waals surface area (Å²) in [5.41, 5.74) is -0.373. The van der Waals surface area contributed by atoms with Gasteiger partial charge in [-0.05, 0) is 25.1 Å². The predicted octanol–water partition coefficient (Wildman–Crippen LogP) is 3.57. The zero-order valence-electron chi connectivity index (χ0n) is 9.78. The molecule has 1 N–H and O–H groups in total. The minimum absolute atomic E-state index is 0.347. The number of amides is 1. The molecule has 0 aliphatic rings. The fourth-order valence-electron chi connectivity index (χ4n) is 1.50. The van der Waals surface area contributed by atoms with Gasteiger partial charge in [0.25, 0.3) is 5.91 Å². The van der Waals surface area contributed by atoms with E-state index in [1.165, 1.54) is 11.3 Å². The summed E-state index contributed by atoms with van der Waals surface area (Å²) < 4.78 is 26.9. The molecule has 0 bridgehead atoms. The highest BCUT2D eigenvalue weighted by atomic mass is 35.5. The Bertz CT molecular complexity index is 618. The van der Waals surface area contributed by atoms with Crippen LogP contribution in [0.2, 0.25) is 4.34 Å². The maximum Gasteiger partial charge on any atom is 0.254 e. The van der Waals surface area contributed by atoms with Gasteiger partial charge in [-0.25, -0.2) is 9.37 Å². The Morgan fingerprint density at radius 2 is 2.16 bits per heavy atom. The Kier molecular flexibility index (Phi) is 4.11. The molecular weight excluding hydrogens is 294 g/mol. The van der Waals surface area contributed by atoms with E-state index in [-0.39, 0.29) is 11.6 Å². The van der Waals surface area contributed by atoms with Crippen LogP contribution in [0.3, 0.4) is 0 Å². The number of hydrogen-bond donors (Lipinski definition) is 1. The van der Waals surface area contributed by atoms with Crippen molar-refractivity contribution < 1.29 is 13.6 Å². The van der Waals surface area contributed by atoms with Gasteiger partial charge in [-0.15, -0.1) is 11.3 Å². The maximum atomic E-state index is 13.4. The van der Waals surface area contributed by atoms with Gasteiger partial charge in [-0.1, -0.05) is 11.6 Å². The highest BCUT2D eigenvalue weighted by molar-refractivity contribution is 7.16. The average Bonchev–Trinajstić information content (AvgIpc) is 2.79. The molecule has 2 aromatic rings. The van der Waals surface area contributed by atoms with Crippen LogP contribution in [0.15, 0.2) is 24.4 Å². The Balaban J connectivity index is 2.15. The van der Waals surface area contributed by atoms with E-state index in [9.17, 15) is 13.6 Å². The summed E-state index contributed by atoms with van der Waals surface area (Å²) in [6.45, 7) is 1.73. The first-order valence-electron chi connectivity index (χ1n) is 5.35. The molecule has 100 valence electrons. The van der Waals surface area contributed by atoms with E-state index < -0.39 is 17.7 Å². The van der Waals surface area contributed by atoms with Crippen molar-refractivity contribution in [3.8, 4) is 0 Å². The SMILES string of the molecule is CC(NC(=O)c1ccnc(F)c1F)c1ccc(Cl)s1. The van der Waals surface area contributed by atoms with E-state index >= 15 is 0 Å². The van der Waals surface area contributed by atoms with Gasteiger partial charge in [0.1, 0.15) is 0 Å². The van der Waals surface area contributed by atoms with E-state index in [0.29, 0.717) is 4.34 Å². The molecule has 1 unspecified atom stereocenters. The lowest BCUT2D eigenvalue weighted by atomic mass is 10.2. The number of carbonyl (C=O) groups excluding carboxylic acids is 1. The summed E-state index contributed by atoms with van der Waals surface area (Å²) in [5, 5.41) is 2.57. The Labute approximate surface area is 117 Å². The van der Waals surface area contributed by atoms with Crippen molar-refractivity contribution >= 4 is 28.8 Å². The van der Waals surface area contributed by atoms with Gasteiger partial charge in [-0.3, -0.25) is 4.79 Å². The summed E-state index contributed by atoms with van der Waals surface area (Å²) in [5.74, 6) is -3.24. The van der Waals surface area contributed by atoms with Gasteiger partial charge in [0.05, 0.1) is 15.9 Å². The quantitative estimate of drug-likeness (QED) is 0.881. The molecule has 1 amide bonds. The molecule has 2 rings (SSSR count). The molecule has 1 atom stereocenters. The summed E-state index contributed by atoms with van der Waals surface area (Å²) in [6.07, 6.45) is 1.04. The van der Waals surface area contributed by atoms with Gasteiger partial charge in [0.15, 0.2) is 5.82 Å². The third-order valence-corrected chi connectivity index (χ3v) is 3.87. The van der Waals surface area contributed by atoms with Crippen LogP contribution >= 0.6 is 22.9 Å². The van der Waals surface area contributed by atoms with E-state index in [1.54, 1.807) is 19.1 Å². The van der Waals surface area contributed by atoms with Gasteiger partial charge in [-0.2, -0.15) is 4.39 Å². The summed E-state index contributed by atoms with van der Waals surface area (Å²) in [6, 6.07) is 4.25. The average molecular weight is 303 g/mol. The maximum absolute atomic E-state index is 13.4. The number of hydrogen-bond acceptors (Lipinski definition) is 3. The van der Waals surface area contributed by atoms with Crippen LogP contribution in [0.1, 0.15) is 28.2 Å². The third kappa shape index (κ3) is 3.08. The standard InChI is InChI=1S/C12H9ClF2N2OS/c1-6(8-2-3-9(13)19-8)17-12(18)7-4-5-16-11(15)10(7)14/h2-6H,1H3,(H,17,18).